The number of hydrogen-bond donors (Lipinski definition) is 8. The van der Waals surface area contributed by atoms with Crippen molar-refractivity contribution in [1.29, 1.82) is 0 Å². The average molecular weight is 701 g/mol. The Morgan fingerprint density at radius 3 is 1.21 bits per heavy atom. The lowest BCUT2D eigenvalue weighted by atomic mass is 10.1. The average Bonchev–Trinajstić information content (AvgIpc) is 2.98. The highest BCUT2D eigenvalue weighted by atomic mass is 32.2. The van der Waals surface area contributed by atoms with E-state index in [9.17, 15) is 56.0 Å². The minimum atomic E-state index is -4.95. The molecule has 0 fully saturated rings. The van der Waals surface area contributed by atoms with Crippen LogP contribution >= 0.6 is 0 Å². The molecule has 0 atom stereocenters. The van der Waals surface area contributed by atoms with Crippen LogP contribution in [0.1, 0.15) is 31.8 Å². The first-order valence-electron chi connectivity index (χ1n) is 12.7. The first-order chi connectivity index (χ1) is 22.4. The zero-order valence-corrected chi connectivity index (χ0v) is 25.2. The number of carboxylic acid groups (broad SMARTS) is 2. The van der Waals surface area contributed by atoms with Gasteiger partial charge < -0.3 is 30.6 Å². The molecule has 0 aliphatic carbocycles. The maximum absolute atomic E-state index is 12.2. The summed E-state index contributed by atoms with van der Waals surface area (Å²) in [7, 11) is -9.90. The summed E-state index contributed by atoms with van der Waals surface area (Å²) in [5.74, 6) is -6.65. The zero-order valence-electron chi connectivity index (χ0n) is 23.6. The van der Waals surface area contributed by atoms with Crippen LogP contribution in [-0.2, 0) is 20.2 Å². The molecule has 4 aromatic carbocycles. The molecule has 0 radical (unpaired) electrons. The Bertz CT molecular complexity index is 2140. The van der Waals surface area contributed by atoms with Crippen LogP contribution in [0.25, 0.3) is 12.2 Å². The predicted molar refractivity (Wildman–Crippen MR) is 163 cm³/mol. The standard InChI is InChI=1S/C28H20N4O14S2/c33-19-9-7-17(25(35)23(19)27(37)38)31-29-15-5-3-13(21(11-15)47(41,42)43)1-2-14-4-6-16(12-22(14)48(44,45)46)30-32-18-8-10-20(34)24(26(18)36)28(39)40/h1-12,33-36H,(H,37,38)(H,39,40)(H,41,42,43)(H,44,45,46)/b2-1+,31-29?,32-30?. The Labute approximate surface area is 269 Å². The third kappa shape index (κ3) is 7.59. The second-order valence-electron chi connectivity index (χ2n) is 9.39. The lowest BCUT2D eigenvalue weighted by Gasteiger charge is -2.07. The molecule has 0 saturated heterocycles. The van der Waals surface area contributed by atoms with Gasteiger partial charge in [-0.2, -0.15) is 27.1 Å². The van der Waals surface area contributed by atoms with Crippen LogP contribution in [0, 0.1) is 0 Å². The van der Waals surface area contributed by atoms with Crippen LogP contribution in [-0.4, -0.2) is 68.5 Å². The van der Waals surface area contributed by atoms with Crippen LogP contribution in [0.15, 0.2) is 90.9 Å². The van der Waals surface area contributed by atoms with Gasteiger partial charge in [0.1, 0.15) is 43.8 Å². The number of carboxylic acids is 2. The Kier molecular flexibility index (Phi) is 9.57. The lowest BCUT2D eigenvalue weighted by molar-refractivity contribution is 0.0678. The molecule has 4 rings (SSSR count). The van der Waals surface area contributed by atoms with E-state index in [1.807, 2.05) is 0 Å². The molecule has 0 aliphatic heterocycles. The number of azo groups is 2. The fourth-order valence-electron chi connectivity index (χ4n) is 4.02. The summed E-state index contributed by atoms with van der Waals surface area (Å²) in [6, 6.07) is 10.3. The number of hydrogen-bond acceptors (Lipinski definition) is 14. The van der Waals surface area contributed by atoms with Gasteiger partial charge in [0.25, 0.3) is 20.2 Å². The van der Waals surface area contributed by atoms with E-state index in [0.29, 0.717) is 0 Å². The number of phenols is 4. The van der Waals surface area contributed by atoms with Crippen molar-refractivity contribution in [3.63, 3.8) is 0 Å². The van der Waals surface area contributed by atoms with Gasteiger partial charge in [-0.3, -0.25) is 9.11 Å². The topological polar surface area (TPSA) is 314 Å². The number of nitrogens with zero attached hydrogens (tertiary/aromatic N) is 4. The number of aromatic carboxylic acids is 2. The second kappa shape index (κ2) is 13.3. The van der Waals surface area contributed by atoms with E-state index in [1.54, 1.807) is 0 Å². The molecule has 48 heavy (non-hydrogen) atoms. The number of benzene rings is 4. The summed E-state index contributed by atoms with van der Waals surface area (Å²) < 4.78 is 68.3. The maximum atomic E-state index is 12.2. The van der Waals surface area contributed by atoms with E-state index in [0.717, 1.165) is 60.7 Å². The van der Waals surface area contributed by atoms with Gasteiger partial charge in [0.15, 0.2) is 11.5 Å². The quantitative estimate of drug-likeness (QED) is 0.0583. The molecule has 0 aromatic heterocycles. The third-order valence-electron chi connectivity index (χ3n) is 6.24. The molecular formula is C28H20N4O14S2. The molecule has 4 aromatic rings. The first-order valence-corrected chi connectivity index (χ1v) is 15.6. The van der Waals surface area contributed by atoms with E-state index < -0.39 is 87.5 Å². The molecule has 0 unspecified atom stereocenters. The van der Waals surface area contributed by atoms with Crippen molar-refractivity contribution in [2.45, 2.75) is 9.79 Å². The van der Waals surface area contributed by atoms with Crippen molar-refractivity contribution in [3.05, 3.63) is 82.9 Å². The van der Waals surface area contributed by atoms with Gasteiger partial charge in [-0.1, -0.05) is 24.3 Å². The Balaban J connectivity index is 1.69. The van der Waals surface area contributed by atoms with Gasteiger partial charge in [0, 0.05) is 0 Å². The molecule has 0 bridgehead atoms. The highest BCUT2D eigenvalue weighted by molar-refractivity contribution is 7.86. The minimum Gasteiger partial charge on any atom is -0.507 e. The van der Waals surface area contributed by atoms with Gasteiger partial charge in [-0.15, -0.1) is 10.2 Å². The third-order valence-corrected chi connectivity index (χ3v) is 8.05. The van der Waals surface area contributed by atoms with Gasteiger partial charge >= 0.3 is 11.9 Å². The number of aromatic hydroxyl groups is 4. The van der Waals surface area contributed by atoms with Crippen LogP contribution in [0.2, 0.25) is 0 Å². The summed E-state index contributed by atoms with van der Waals surface area (Å²) >= 11 is 0. The zero-order chi connectivity index (χ0) is 35.6. The SMILES string of the molecule is O=C(O)c1c(O)ccc(N=Nc2ccc(/C=C/c3ccc(N=Nc4ccc(O)c(C(=O)O)c4O)cc3S(=O)(=O)O)c(S(=O)(=O)O)c2)c1O. The van der Waals surface area contributed by atoms with Crippen LogP contribution in [0.5, 0.6) is 23.0 Å². The summed E-state index contributed by atoms with van der Waals surface area (Å²) in [5.41, 5.74) is -3.28. The fourth-order valence-corrected chi connectivity index (χ4v) is 5.42. The van der Waals surface area contributed by atoms with E-state index in [4.69, 9.17) is 10.2 Å². The van der Waals surface area contributed by atoms with E-state index >= 15 is 0 Å². The van der Waals surface area contributed by atoms with E-state index in [2.05, 4.69) is 20.5 Å². The molecule has 18 nitrogen and oxygen atoms in total. The van der Waals surface area contributed by atoms with Crippen LogP contribution in [0.4, 0.5) is 22.7 Å². The summed E-state index contributed by atoms with van der Waals surface area (Å²) in [6.07, 6.45) is 2.14. The minimum absolute atomic E-state index is 0.195. The van der Waals surface area contributed by atoms with Gasteiger partial charge in [0.2, 0.25) is 0 Å². The Hall–Kier alpha value is -6.22. The first kappa shape index (κ1) is 34.6. The molecule has 0 amide bonds. The second-order valence-corrected chi connectivity index (χ2v) is 12.2. The molecule has 0 aliphatic rings. The molecule has 248 valence electrons. The molecule has 20 heteroatoms. The van der Waals surface area contributed by atoms with Crippen LogP contribution < -0.4 is 0 Å². The van der Waals surface area contributed by atoms with Crippen LogP contribution in [0.3, 0.4) is 0 Å². The Morgan fingerprint density at radius 1 is 0.542 bits per heavy atom. The molecular weight excluding hydrogens is 680 g/mol. The van der Waals surface area contributed by atoms with Crippen molar-refractivity contribution in [3.8, 4) is 23.0 Å². The highest BCUT2D eigenvalue weighted by Crippen LogP contribution is 2.38. The monoisotopic (exact) mass is 700 g/mol. The van der Waals surface area contributed by atoms with Crippen molar-refractivity contribution in [1.82, 2.24) is 0 Å². The normalized spacial score (nSPS) is 12.3. The fraction of sp³-hybridized carbons (Fsp3) is 0. The summed E-state index contributed by atoms with van der Waals surface area (Å²) in [5, 5.41) is 72.5. The van der Waals surface area contributed by atoms with Gasteiger partial charge in [-0.05, 0) is 59.7 Å². The van der Waals surface area contributed by atoms with Crippen molar-refractivity contribution < 1.29 is 66.2 Å². The van der Waals surface area contributed by atoms with Crippen molar-refractivity contribution in [2.24, 2.45) is 20.5 Å². The van der Waals surface area contributed by atoms with Gasteiger partial charge in [0.05, 0.1) is 11.4 Å². The smallest absolute Gasteiger partial charge is 0.343 e. The predicted octanol–water partition coefficient (Wildman–Crippen LogP) is 5.40. The number of rotatable bonds is 10. The van der Waals surface area contributed by atoms with Crippen molar-refractivity contribution in [2.75, 3.05) is 0 Å². The molecule has 0 saturated carbocycles. The van der Waals surface area contributed by atoms with E-state index in [-0.39, 0.29) is 22.5 Å². The molecule has 0 heterocycles. The summed E-state index contributed by atoms with van der Waals surface area (Å²) in [4.78, 5) is 21.1. The summed E-state index contributed by atoms with van der Waals surface area (Å²) in [6.45, 7) is 0. The number of carbonyl (C=O) groups is 2. The van der Waals surface area contributed by atoms with Gasteiger partial charge in [-0.25, -0.2) is 9.59 Å². The molecule has 0 spiro atoms. The highest BCUT2D eigenvalue weighted by Gasteiger charge is 2.21. The maximum Gasteiger partial charge on any atom is 0.343 e. The lowest BCUT2D eigenvalue weighted by Crippen LogP contribution is -2.01. The van der Waals surface area contributed by atoms with E-state index in [1.165, 1.54) is 12.1 Å². The largest absolute Gasteiger partial charge is 0.507 e. The Morgan fingerprint density at radius 2 is 0.896 bits per heavy atom. The van der Waals surface area contributed by atoms with Crippen molar-refractivity contribution >= 4 is 67.1 Å². The molecule has 8 N–H and O–H groups in total.